The smallest absolute Gasteiger partial charge is 0.307 e. The van der Waals surface area contributed by atoms with Gasteiger partial charge in [0.05, 0.1) is 13.5 Å². The van der Waals surface area contributed by atoms with Gasteiger partial charge < -0.3 is 15.0 Å². The standard InChI is InChI=1S/C18H24N2O4/c1-13(21)19-15-7-5-6-14(12-15)18(23)20(11-10-17(22)24-2)16-8-3-4-9-16/h5-7,12,16H,3-4,8-11H2,1-2H3,(H,19,21). The minimum absolute atomic E-state index is 0.113. The molecule has 0 heterocycles. The van der Waals surface area contributed by atoms with Gasteiger partial charge in [-0.3, -0.25) is 14.4 Å². The summed E-state index contributed by atoms with van der Waals surface area (Å²) in [5.41, 5.74) is 1.10. The Kier molecular flexibility index (Phi) is 6.35. The van der Waals surface area contributed by atoms with Crippen molar-refractivity contribution in [2.45, 2.75) is 45.1 Å². The van der Waals surface area contributed by atoms with Crippen LogP contribution in [0, 0.1) is 0 Å². The Balaban J connectivity index is 2.16. The van der Waals surface area contributed by atoms with E-state index < -0.39 is 0 Å². The molecule has 2 rings (SSSR count). The molecule has 1 aliphatic carbocycles. The second-order valence-electron chi connectivity index (χ2n) is 6.02. The fourth-order valence-corrected chi connectivity index (χ4v) is 3.08. The van der Waals surface area contributed by atoms with Crippen LogP contribution in [0.4, 0.5) is 5.69 Å². The number of hydrogen-bond acceptors (Lipinski definition) is 4. The Hall–Kier alpha value is -2.37. The SMILES string of the molecule is COC(=O)CCN(C(=O)c1cccc(NC(C)=O)c1)C1CCCC1. The fourth-order valence-electron chi connectivity index (χ4n) is 3.08. The van der Waals surface area contributed by atoms with Gasteiger partial charge in [0, 0.05) is 30.8 Å². The van der Waals surface area contributed by atoms with Gasteiger partial charge in [-0.2, -0.15) is 0 Å². The zero-order valence-corrected chi connectivity index (χ0v) is 14.2. The number of esters is 1. The van der Waals surface area contributed by atoms with E-state index in [2.05, 4.69) is 10.1 Å². The van der Waals surface area contributed by atoms with Crippen molar-refractivity contribution < 1.29 is 19.1 Å². The largest absolute Gasteiger partial charge is 0.469 e. The summed E-state index contributed by atoms with van der Waals surface area (Å²) < 4.78 is 4.69. The number of amides is 2. The molecule has 0 aliphatic heterocycles. The lowest BCUT2D eigenvalue weighted by molar-refractivity contribution is -0.140. The van der Waals surface area contributed by atoms with Gasteiger partial charge in [-0.15, -0.1) is 0 Å². The van der Waals surface area contributed by atoms with E-state index in [-0.39, 0.29) is 30.2 Å². The van der Waals surface area contributed by atoms with Gasteiger partial charge in [0.15, 0.2) is 0 Å². The van der Waals surface area contributed by atoms with Crippen LogP contribution in [0.5, 0.6) is 0 Å². The average molecular weight is 332 g/mol. The molecule has 2 amide bonds. The Morgan fingerprint density at radius 3 is 2.58 bits per heavy atom. The molecule has 6 nitrogen and oxygen atoms in total. The number of rotatable bonds is 6. The highest BCUT2D eigenvalue weighted by molar-refractivity contribution is 5.97. The average Bonchev–Trinajstić information content (AvgIpc) is 3.08. The molecular weight excluding hydrogens is 308 g/mol. The molecule has 1 aromatic carbocycles. The van der Waals surface area contributed by atoms with Gasteiger partial charge in [-0.05, 0) is 31.0 Å². The van der Waals surface area contributed by atoms with Crippen molar-refractivity contribution >= 4 is 23.5 Å². The molecule has 0 bridgehead atoms. The molecule has 0 atom stereocenters. The lowest BCUT2D eigenvalue weighted by Gasteiger charge is -2.29. The predicted octanol–water partition coefficient (Wildman–Crippen LogP) is 2.59. The summed E-state index contributed by atoms with van der Waals surface area (Å²) in [4.78, 5) is 37.4. The fraction of sp³-hybridized carbons (Fsp3) is 0.500. The monoisotopic (exact) mass is 332 g/mol. The van der Waals surface area contributed by atoms with Crippen molar-refractivity contribution in [2.24, 2.45) is 0 Å². The zero-order valence-electron chi connectivity index (χ0n) is 14.2. The van der Waals surface area contributed by atoms with E-state index in [1.807, 2.05) is 0 Å². The Morgan fingerprint density at radius 2 is 1.96 bits per heavy atom. The highest BCUT2D eigenvalue weighted by Crippen LogP contribution is 2.25. The van der Waals surface area contributed by atoms with E-state index in [0.717, 1.165) is 25.7 Å². The third-order valence-corrected chi connectivity index (χ3v) is 4.24. The van der Waals surface area contributed by atoms with E-state index >= 15 is 0 Å². The maximum Gasteiger partial charge on any atom is 0.307 e. The number of anilines is 1. The van der Waals surface area contributed by atoms with Crippen LogP contribution < -0.4 is 5.32 Å². The summed E-state index contributed by atoms with van der Waals surface area (Å²) in [6.07, 6.45) is 4.29. The summed E-state index contributed by atoms with van der Waals surface area (Å²) in [5, 5.41) is 2.68. The third kappa shape index (κ3) is 4.81. The first-order valence-corrected chi connectivity index (χ1v) is 8.26. The predicted molar refractivity (Wildman–Crippen MR) is 90.7 cm³/mol. The molecule has 1 fully saturated rings. The molecule has 24 heavy (non-hydrogen) atoms. The number of carbonyl (C=O) groups excluding carboxylic acids is 3. The molecule has 130 valence electrons. The molecule has 1 aromatic rings. The van der Waals surface area contributed by atoms with E-state index in [1.165, 1.54) is 14.0 Å². The van der Waals surface area contributed by atoms with Crippen LogP contribution >= 0.6 is 0 Å². The van der Waals surface area contributed by atoms with Gasteiger partial charge >= 0.3 is 5.97 Å². The van der Waals surface area contributed by atoms with E-state index in [4.69, 9.17) is 0 Å². The van der Waals surface area contributed by atoms with Crippen molar-refractivity contribution in [3.05, 3.63) is 29.8 Å². The van der Waals surface area contributed by atoms with Crippen LogP contribution in [0.2, 0.25) is 0 Å². The molecule has 1 saturated carbocycles. The Labute approximate surface area is 142 Å². The lowest BCUT2D eigenvalue weighted by Crippen LogP contribution is -2.40. The van der Waals surface area contributed by atoms with Crippen molar-refractivity contribution in [1.29, 1.82) is 0 Å². The van der Waals surface area contributed by atoms with Crippen LogP contribution in [-0.4, -0.2) is 42.4 Å². The van der Waals surface area contributed by atoms with Crippen molar-refractivity contribution in [3.8, 4) is 0 Å². The number of methoxy groups -OCH3 is 1. The van der Waals surface area contributed by atoms with E-state index in [9.17, 15) is 14.4 Å². The second-order valence-corrected chi connectivity index (χ2v) is 6.02. The molecular formula is C18H24N2O4. The molecule has 0 aromatic heterocycles. The van der Waals surface area contributed by atoms with E-state index in [1.54, 1.807) is 29.2 Å². The molecule has 0 radical (unpaired) electrons. The zero-order chi connectivity index (χ0) is 17.5. The highest BCUT2D eigenvalue weighted by Gasteiger charge is 2.28. The quantitative estimate of drug-likeness (QED) is 0.813. The topological polar surface area (TPSA) is 75.7 Å². The molecule has 0 unspecified atom stereocenters. The van der Waals surface area contributed by atoms with Crippen molar-refractivity contribution in [3.63, 3.8) is 0 Å². The molecule has 1 N–H and O–H groups in total. The van der Waals surface area contributed by atoms with Crippen LogP contribution in [0.1, 0.15) is 49.4 Å². The number of benzene rings is 1. The van der Waals surface area contributed by atoms with Crippen LogP contribution in [0.25, 0.3) is 0 Å². The molecule has 1 aliphatic rings. The van der Waals surface area contributed by atoms with Gasteiger partial charge in [-0.1, -0.05) is 18.9 Å². The number of hydrogen-bond donors (Lipinski definition) is 1. The molecule has 6 heteroatoms. The first kappa shape index (κ1) is 18.0. The number of nitrogens with zero attached hydrogens (tertiary/aromatic N) is 1. The summed E-state index contributed by atoms with van der Waals surface area (Å²) in [7, 11) is 1.35. The van der Waals surface area contributed by atoms with Crippen LogP contribution in [0.15, 0.2) is 24.3 Å². The number of ether oxygens (including phenoxy) is 1. The van der Waals surface area contributed by atoms with Crippen molar-refractivity contribution in [2.75, 3.05) is 19.0 Å². The second kappa shape index (κ2) is 8.47. The maximum absolute atomic E-state index is 12.9. The van der Waals surface area contributed by atoms with Crippen LogP contribution in [-0.2, 0) is 14.3 Å². The summed E-state index contributed by atoms with van der Waals surface area (Å²) in [6, 6.07) is 7.04. The third-order valence-electron chi connectivity index (χ3n) is 4.24. The summed E-state index contributed by atoms with van der Waals surface area (Å²) >= 11 is 0. The molecule has 0 saturated heterocycles. The Bertz CT molecular complexity index is 609. The molecule has 0 spiro atoms. The first-order chi connectivity index (χ1) is 11.5. The van der Waals surface area contributed by atoms with E-state index in [0.29, 0.717) is 17.8 Å². The minimum atomic E-state index is -0.321. The lowest BCUT2D eigenvalue weighted by atomic mass is 10.1. The summed E-state index contributed by atoms with van der Waals surface area (Å²) in [5.74, 6) is -0.617. The van der Waals surface area contributed by atoms with Crippen LogP contribution in [0.3, 0.4) is 0 Å². The van der Waals surface area contributed by atoms with Gasteiger partial charge in [0.1, 0.15) is 0 Å². The maximum atomic E-state index is 12.9. The summed E-state index contributed by atoms with van der Waals surface area (Å²) in [6.45, 7) is 1.77. The van der Waals surface area contributed by atoms with Gasteiger partial charge in [-0.25, -0.2) is 0 Å². The highest BCUT2D eigenvalue weighted by atomic mass is 16.5. The van der Waals surface area contributed by atoms with Crippen molar-refractivity contribution in [1.82, 2.24) is 4.90 Å². The minimum Gasteiger partial charge on any atom is -0.469 e. The Morgan fingerprint density at radius 1 is 1.25 bits per heavy atom. The number of carbonyl (C=O) groups is 3. The van der Waals surface area contributed by atoms with Gasteiger partial charge in [0.25, 0.3) is 5.91 Å². The van der Waals surface area contributed by atoms with Gasteiger partial charge in [0.2, 0.25) is 5.91 Å². The number of nitrogens with one attached hydrogen (secondary N) is 1. The normalized spacial score (nSPS) is 14.2. The first-order valence-electron chi connectivity index (χ1n) is 8.26.